The third kappa shape index (κ3) is 3.92. The molecule has 0 amide bonds. The fourth-order valence-electron chi connectivity index (χ4n) is 2.03. The van der Waals surface area contributed by atoms with Crippen molar-refractivity contribution in [3.05, 3.63) is 46.1 Å². The molecule has 1 heterocycles. The average molecular weight is 352 g/mol. The first kappa shape index (κ1) is 15.7. The average Bonchev–Trinajstić information content (AvgIpc) is 2.54. The van der Waals surface area contributed by atoms with Gasteiger partial charge in [-0.1, -0.05) is 15.9 Å². The third-order valence-electron chi connectivity index (χ3n) is 3.25. The molecule has 2 aromatic rings. The van der Waals surface area contributed by atoms with Crippen LogP contribution in [0.15, 0.2) is 34.8 Å². The quantitative estimate of drug-likeness (QED) is 0.867. The molecule has 0 radical (unpaired) electrons. The molecule has 112 valence electrons. The Labute approximate surface area is 132 Å². The third-order valence-corrected chi connectivity index (χ3v) is 4.03. The highest BCUT2D eigenvalue weighted by atomic mass is 79.9. The van der Waals surface area contributed by atoms with E-state index in [0.717, 1.165) is 27.9 Å². The highest BCUT2D eigenvalue weighted by Crippen LogP contribution is 2.27. The van der Waals surface area contributed by atoms with Crippen LogP contribution < -0.4 is 14.8 Å². The van der Waals surface area contributed by atoms with E-state index in [1.54, 1.807) is 14.2 Å². The predicted molar refractivity (Wildman–Crippen MR) is 84.8 cm³/mol. The Balaban J connectivity index is 2.21. The molecule has 1 aromatic carbocycles. The normalized spacial score (nSPS) is 12.0. The monoisotopic (exact) mass is 351 g/mol. The van der Waals surface area contributed by atoms with Crippen LogP contribution in [0.25, 0.3) is 0 Å². The summed E-state index contributed by atoms with van der Waals surface area (Å²) in [6.45, 7) is 0. The molecule has 1 unspecified atom stereocenters. The summed E-state index contributed by atoms with van der Waals surface area (Å²) in [6.07, 6.45) is 0.773. The zero-order chi connectivity index (χ0) is 15.2. The molecule has 0 aliphatic carbocycles. The van der Waals surface area contributed by atoms with Gasteiger partial charge in [-0.25, -0.2) is 0 Å². The van der Waals surface area contributed by atoms with Gasteiger partial charge in [0.2, 0.25) is 5.88 Å². The van der Waals surface area contributed by atoms with E-state index in [1.165, 1.54) is 0 Å². The lowest BCUT2D eigenvalue weighted by molar-refractivity contribution is 0.389. The maximum Gasteiger partial charge on any atom is 0.233 e. The summed E-state index contributed by atoms with van der Waals surface area (Å²) >= 11 is 3.57. The van der Waals surface area contributed by atoms with Gasteiger partial charge < -0.3 is 14.8 Å². The van der Waals surface area contributed by atoms with Gasteiger partial charge in [-0.3, -0.25) is 0 Å². The first-order chi connectivity index (χ1) is 10.2. The molecule has 6 heteroatoms. The van der Waals surface area contributed by atoms with Crippen LogP contribution in [0.5, 0.6) is 11.6 Å². The van der Waals surface area contributed by atoms with E-state index < -0.39 is 0 Å². The second-order valence-electron chi connectivity index (χ2n) is 4.50. The number of halogens is 1. The van der Waals surface area contributed by atoms with Gasteiger partial charge in [-0.15, -0.1) is 5.10 Å². The van der Waals surface area contributed by atoms with Crippen molar-refractivity contribution in [1.82, 2.24) is 15.5 Å². The summed E-state index contributed by atoms with van der Waals surface area (Å²) < 4.78 is 11.4. The van der Waals surface area contributed by atoms with Crippen molar-refractivity contribution in [2.75, 3.05) is 21.3 Å². The Morgan fingerprint density at radius 1 is 1.14 bits per heavy atom. The smallest absolute Gasteiger partial charge is 0.233 e. The maximum absolute atomic E-state index is 5.28. The molecule has 0 spiro atoms. The lowest BCUT2D eigenvalue weighted by atomic mass is 10.0. The molecular formula is C15H18BrN3O2. The molecular weight excluding hydrogens is 334 g/mol. The molecule has 1 N–H and O–H groups in total. The van der Waals surface area contributed by atoms with E-state index in [-0.39, 0.29) is 6.04 Å². The minimum Gasteiger partial charge on any atom is -0.497 e. The van der Waals surface area contributed by atoms with Crippen LogP contribution in [0.3, 0.4) is 0 Å². The fraction of sp³-hybridized carbons (Fsp3) is 0.333. The van der Waals surface area contributed by atoms with E-state index in [2.05, 4.69) is 31.4 Å². The van der Waals surface area contributed by atoms with Crippen molar-refractivity contribution in [2.45, 2.75) is 12.5 Å². The second kappa shape index (κ2) is 7.38. The highest BCUT2D eigenvalue weighted by molar-refractivity contribution is 9.10. The maximum atomic E-state index is 5.28. The van der Waals surface area contributed by atoms with E-state index in [1.807, 2.05) is 37.4 Å². The predicted octanol–water partition coefficient (Wildman–Crippen LogP) is 2.76. The molecule has 5 nitrogen and oxygen atoms in total. The SMILES string of the molecule is CNC(Cc1cc(OC)ccc1Br)c1ccc(OC)nn1. The van der Waals surface area contributed by atoms with Crippen molar-refractivity contribution < 1.29 is 9.47 Å². The Bertz CT molecular complexity index is 590. The molecule has 0 aliphatic heterocycles. The summed E-state index contributed by atoms with van der Waals surface area (Å²) in [5.41, 5.74) is 2.01. The minimum atomic E-state index is 0.0619. The lowest BCUT2D eigenvalue weighted by Gasteiger charge is -2.17. The Morgan fingerprint density at radius 2 is 1.95 bits per heavy atom. The van der Waals surface area contributed by atoms with Crippen molar-refractivity contribution in [2.24, 2.45) is 0 Å². The number of aromatic nitrogens is 2. The largest absolute Gasteiger partial charge is 0.497 e. The molecule has 2 rings (SSSR count). The number of hydrogen-bond acceptors (Lipinski definition) is 5. The molecule has 0 aliphatic rings. The van der Waals surface area contributed by atoms with Crippen molar-refractivity contribution in [3.8, 4) is 11.6 Å². The standard InChI is InChI=1S/C15H18BrN3O2/c1-17-14(13-6-7-15(21-3)19-18-13)9-10-8-11(20-2)4-5-12(10)16/h4-8,14,17H,9H2,1-3H3. The molecule has 0 fully saturated rings. The van der Waals surface area contributed by atoms with Crippen LogP contribution in [0.1, 0.15) is 17.3 Å². The summed E-state index contributed by atoms with van der Waals surface area (Å²) in [6, 6.07) is 9.72. The van der Waals surface area contributed by atoms with Crippen LogP contribution in [-0.4, -0.2) is 31.5 Å². The van der Waals surface area contributed by atoms with Gasteiger partial charge in [0.15, 0.2) is 0 Å². The number of rotatable bonds is 6. The van der Waals surface area contributed by atoms with Gasteiger partial charge in [0.25, 0.3) is 0 Å². The first-order valence-electron chi connectivity index (χ1n) is 6.55. The van der Waals surface area contributed by atoms with Gasteiger partial charge in [0, 0.05) is 10.5 Å². The Hall–Kier alpha value is -1.66. The van der Waals surface area contributed by atoms with E-state index in [0.29, 0.717) is 5.88 Å². The van der Waals surface area contributed by atoms with Gasteiger partial charge in [-0.05, 0) is 43.3 Å². The van der Waals surface area contributed by atoms with E-state index >= 15 is 0 Å². The summed E-state index contributed by atoms with van der Waals surface area (Å²) in [4.78, 5) is 0. The summed E-state index contributed by atoms with van der Waals surface area (Å²) in [5, 5.41) is 11.5. The van der Waals surface area contributed by atoms with Crippen LogP contribution in [-0.2, 0) is 6.42 Å². The summed E-state index contributed by atoms with van der Waals surface area (Å²) in [7, 11) is 5.15. The first-order valence-corrected chi connectivity index (χ1v) is 7.34. The number of nitrogens with zero attached hydrogens (tertiary/aromatic N) is 2. The van der Waals surface area contributed by atoms with Gasteiger partial charge >= 0.3 is 0 Å². The molecule has 0 bridgehead atoms. The zero-order valence-corrected chi connectivity index (χ0v) is 13.8. The number of hydrogen-bond donors (Lipinski definition) is 1. The van der Waals surface area contributed by atoms with Crippen LogP contribution in [0, 0.1) is 0 Å². The zero-order valence-electron chi connectivity index (χ0n) is 12.3. The summed E-state index contributed by atoms with van der Waals surface area (Å²) in [5.74, 6) is 1.35. The molecule has 0 saturated heterocycles. The van der Waals surface area contributed by atoms with Gasteiger partial charge in [-0.2, -0.15) is 5.10 Å². The van der Waals surface area contributed by atoms with Crippen LogP contribution in [0.4, 0.5) is 0 Å². The topological polar surface area (TPSA) is 56.3 Å². The van der Waals surface area contributed by atoms with Crippen molar-refractivity contribution in [3.63, 3.8) is 0 Å². The fourth-order valence-corrected chi connectivity index (χ4v) is 2.44. The number of benzene rings is 1. The Kier molecular flexibility index (Phi) is 5.52. The number of methoxy groups -OCH3 is 2. The minimum absolute atomic E-state index is 0.0619. The number of likely N-dealkylation sites (N-methyl/N-ethyl adjacent to an activating group) is 1. The molecule has 1 atom stereocenters. The molecule has 1 aromatic heterocycles. The Morgan fingerprint density at radius 3 is 2.52 bits per heavy atom. The van der Waals surface area contributed by atoms with Crippen LogP contribution in [0.2, 0.25) is 0 Å². The van der Waals surface area contributed by atoms with E-state index in [4.69, 9.17) is 9.47 Å². The number of ether oxygens (including phenoxy) is 2. The molecule has 21 heavy (non-hydrogen) atoms. The van der Waals surface area contributed by atoms with E-state index in [9.17, 15) is 0 Å². The number of nitrogens with one attached hydrogen (secondary N) is 1. The van der Waals surface area contributed by atoms with Gasteiger partial charge in [0.1, 0.15) is 5.75 Å². The second-order valence-corrected chi connectivity index (χ2v) is 5.36. The van der Waals surface area contributed by atoms with Crippen LogP contribution >= 0.6 is 15.9 Å². The highest BCUT2D eigenvalue weighted by Gasteiger charge is 2.15. The van der Waals surface area contributed by atoms with Gasteiger partial charge in [0.05, 0.1) is 26.0 Å². The molecule has 0 saturated carbocycles. The lowest BCUT2D eigenvalue weighted by Crippen LogP contribution is -2.20. The van der Waals surface area contributed by atoms with Crippen molar-refractivity contribution >= 4 is 15.9 Å². The van der Waals surface area contributed by atoms with Crippen molar-refractivity contribution in [1.29, 1.82) is 0 Å².